The van der Waals surface area contributed by atoms with Crippen molar-refractivity contribution < 1.29 is 0 Å². The summed E-state index contributed by atoms with van der Waals surface area (Å²) in [5.41, 5.74) is 4.65. The summed E-state index contributed by atoms with van der Waals surface area (Å²) in [6, 6.07) is 13.1. The number of benzene rings is 1. The normalized spacial score (nSPS) is 17.9. The van der Waals surface area contributed by atoms with E-state index in [9.17, 15) is 0 Å². The Kier molecular flexibility index (Phi) is 3.83. The van der Waals surface area contributed by atoms with Gasteiger partial charge in [0.25, 0.3) is 0 Å². The number of hydrogen-bond donors (Lipinski definition) is 1. The molecule has 1 aliphatic heterocycles. The fraction of sp³-hybridized carbons (Fsp3) is 0.368. The summed E-state index contributed by atoms with van der Waals surface area (Å²) in [4.78, 5) is 9.44. The molecule has 0 aliphatic carbocycles. The fourth-order valence-corrected chi connectivity index (χ4v) is 3.44. The van der Waals surface area contributed by atoms with Crippen LogP contribution in [-0.2, 0) is 13.0 Å². The lowest BCUT2D eigenvalue weighted by atomic mass is 10.1. The maximum atomic E-state index is 4.86. The van der Waals surface area contributed by atoms with Crippen molar-refractivity contribution in [3.63, 3.8) is 0 Å². The van der Waals surface area contributed by atoms with Crippen LogP contribution in [0.4, 0.5) is 0 Å². The van der Waals surface area contributed by atoms with Gasteiger partial charge >= 0.3 is 0 Å². The molecule has 1 aliphatic rings. The molecule has 3 heterocycles. The highest BCUT2D eigenvalue weighted by Crippen LogP contribution is 2.20. The molecular formula is C19H22N4. The third kappa shape index (κ3) is 2.86. The first-order chi connectivity index (χ1) is 11.3. The third-order valence-corrected chi connectivity index (χ3v) is 4.76. The number of pyridine rings is 1. The topological polar surface area (TPSA) is 42.7 Å². The van der Waals surface area contributed by atoms with Crippen molar-refractivity contribution in [1.29, 1.82) is 0 Å². The first-order valence-electron chi connectivity index (χ1n) is 8.39. The minimum atomic E-state index is 0.532. The van der Waals surface area contributed by atoms with Gasteiger partial charge in [-0.25, -0.2) is 9.97 Å². The van der Waals surface area contributed by atoms with Gasteiger partial charge < -0.3 is 9.88 Å². The fourth-order valence-electron chi connectivity index (χ4n) is 3.44. The van der Waals surface area contributed by atoms with E-state index in [4.69, 9.17) is 4.98 Å². The number of nitrogens with zero attached hydrogens (tertiary/aromatic N) is 3. The van der Waals surface area contributed by atoms with Crippen molar-refractivity contribution in [3.8, 4) is 0 Å². The van der Waals surface area contributed by atoms with E-state index >= 15 is 0 Å². The molecule has 0 bridgehead atoms. The van der Waals surface area contributed by atoms with Crippen molar-refractivity contribution >= 4 is 11.2 Å². The minimum absolute atomic E-state index is 0.532. The van der Waals surface area contributed by atoms with Crippen LogP contribution in [0.5, 0.6) is 0 Å². The average molecular weight is 306 g/mol. The van der Waals surface area contributed by atoms with Crippen LogP contribution in [-0.4, -0.2) is 27.1 Å². The Hall–Kier alpha value is -2.20. The molecule has 4 heteroatoms. The van der Waals surface area contributed by atoms with Crippen molar-refractivity contribution in [2.24, 2.45) is 0 Å². The number of aromatic nitrogens is 3. The Labute approximate surface area is 136 Å². The van der Waals surface area contributed by atoms with Crippen LogP contribution in [0.25, 0.3) is 11.2 Å². The molecule has 0 spiro atoms. The quantitative estimate of drug-likeness (QED) is 0.805. The summed E-state index contributed by atoms with van der Waals surface area (Å²) in [7, 11) is 0. The van der Waals surface area contributed by atoms with Gasteiger partial charge in [-0.3, -0.25) is 0 Å². The smallest absolute Gasteiger partial charge is 0.160 e. The predicted molar refractivity (Wildman–Crippen MR) is 92.5 cm³/mol. The zero-order valence-corrected chi connectivity index (χ0v) is 13.5. The van der Waals surface area contributed by atoms with Crippen LogP contribution in [0.3, 0.4) is 0 Å². The van der Waals surface area contributed by atoms with Crippen molar-refractivity contribution in [3.05, 3.63) is 59.5 Å². The van der Waals surface area contributed by atoms with Gasteiger partial charge in [0.1, 0.15) is 11.3 Å². The number of imidazole rings is 1. The molecule has 2 aromatic heterocycles. The molecule has 1 aromatic carbocycles. The number of aryl methyl sites for hydroxylation is 1. The zero-order chi connectivity index (χ0) is 15.6. The molecule has 0 radical (unpaired) electrons. The number of nitrogens with one attached hydrogen (secondary N) is 1. The molecule has 1 atom stereocenters. The second kappa shape index (κ2) is 6.13. The van der Waals surface area contributed by atoms with Gasteiger partial charge in [-0.15, -0.1) is 0 Å². The SMILES string of the molecule is Cc1ccccc1Cc1nc2cccnc2n1CC1CCCN1. The Morgan fingerprint density at radius 3 is 2.96 bits per heavy atom. The number of hydrogen-bond acceptors (Lipinski definition) is 3. The highest BCUT2D eigenvalue weighted by Gasteiger charge is 2.19. The van der Waals surface area contributed by atoms with Gasteiger partial charge in [0.15, 0.2) is 5.65 Å². The molecule has 1 fully saturated rings. The van der Waals surface area contributed by atoms with Gasteiger partial charge in [0.05, 0.1) is 0 Å². The first-order valence-corrected chi connectivity index (χ1v) is 8.39. The van der Waals surface area contributed by atoms with Gasteiger partial charge in [-0.1, -0.05) is 24.3 Å². The van der Waals surface area contributed by atoms with E-state index in [1.807, 2.05) is 12.3 Å². The van der Waals surface area contributed by atoms with Crippen molar-refractivity contribution in [2.75, 3.05) is 6.54 Å². The summed E-state index contributed by atoms with van der Waals surface area (Å²) in [6.45, 7) is 4.24. The van der Waals surface area contributed by atoms with E-state index in [0.717, 1.165) is 36.5 Å². The van der Waals surface area contributed by atoms with Crippen LogP contribution in [0.1, 0.15) is 29.8 Å². The summed E-state index contributed by atoms with van der Waals surface area (Å²) in [5, 5.41) is 3.59. The standard InChI is InChI=1S/C19H22N4/c1-14-6-2-3-7-15(14)12-18-22-17-9-5-11-21-19(17)23(18)13-16-8-4-10-20-16/h2-3,5-7,9,11,16,20H,4,8,10,12-13H2,1H3. The van der Waals surface area contributed by atoms with Crippen LogP contribution in [0, 0.1) is 6.92 Å². The molecule has 118 valence electrons. The highest BCUT2D eigenvalue weighted by molar-refractivity contribution is 5.71. The van der Waals surface area contributed by atoms with E-state index in [1.165, 1.54) is 24.0 Å². The lowest BCUT2D eigenvalue weighted by Gasteiger charge is -2.15. The number of fused-ring (bicyclic) bond motifs is 1. The molecular weight excluding hydrogens is 284 g/mol. The molecule has 23 heavy (non-hydrogen) atoms. The van der Waals surface area contributed by atoms with Crippen molar-refractivity contribution in [2.45, 2.75) is 38.8 Å². The second-order valence-corrected chi connectivity index (χ2v) is 6.38. The van der Waals surface area contributed by atoms with Crippen molar-refractivity contribution in [1.82, 2.24) is 19.9 Å². The monoisotopic (exact) mass is 306 g/mol. The maximum Gasteiger partial charge on any atom is 0.160 e. The zero-order valence-electron chi connectivity index (χ0n) is 13.5. The molecule has 4 nitrogen and oxygen atoms in total. The molecule has 4 rings (SSSR count). The first kappa shape index (κ1) is 14.4. The van der Waals surface area contributed by atoms with E-state index < -0.39 is 0 Å². The highest BCUT2D eigenvalue weighted by atomic mass is 15.2. The van der Waals surface area contributed by atoms with Gasteiger partial charge in [-0.05, 0) is 49.6 Å². The Morgan fingerprint density at radius 2 is 2.13 bits per heavy atom. The van der Waals surface area contributed by atoms with E-state index in [1.54, 1.807) is 0 Å². The third-order valence-electron chi connectivity index (χ3n) is 4.76. The van der Waals surface area contributed by atoms with Gasteiger partial charge in [0, 0.05) is 25.2 Å². The minimum Gasteiger partial charge on any atom is -0.312 e. The lowest BCUT2D eigenvalue weighted by Crippen LogP contribution is -2.27. The Balaban J connectivity index is 1.73. The largest absolute Gasteiger partial charge is 0.312 e. The summed E-state index contributed by atoms with van der Waals surface area (Å²) in [5.74, 6) is 1.11. The second-order valence-electron chi connectivity index (χ2n) is 6.38. The van der Waals surface area contributed by atoms with Crippen LogP contribution < -0.4 is 5.32 Å². The van der Waals surface area contributed by atoms with Crippen LogP contribution in [0.2, 0.25) is 0 Å². The number of rotatable bonds is 4. The maximum absolute atomic E-state index is 4.86. The Morgan fingerprint density at radius 1 is 1.22 bits per heavy atom. The average Bonchev–Trinajstić information content (AvgIpc) is 3.19. The van der Waals surface area contributed by atoms with E-state index in [-0.39, 0.29) is 0 Å². The Bertz CT molecular complexity index is 815. The van der Waals surface area contributed by atoms with Gasteiger partial charge in [0.2, 0.25) is 0 Å². The summed E-state index contributed by atoms with van der Waals surface area (Å²) >= 11 is 0. The lowest BCUT2D eigenvalue weighted by molar-refractivity contribution is 0.505. The van der Waals surface area contributed by atoms with E-state index in [2.05, 4.69) is 52.1 Å². The molecule has 0 amide bonds. The van der Waals surface area contributed by atoms with Crippen LogP contribution >= 0.6 is 0 Å². The molecule has 1 unspecified atom stereocenters. The van der Waals surface area contributed by atoms with Crippen LogP contribution in [0.15, 0.2) is 42.6 Å². The molecule has 0 saturated carbocycles. The molecule has 1 N–H and O–H groups in total. The van der Waals surface area contributed by atoms with E-state index in [0.29, 0.717) is 6.04 Å². The molecule has 1 saturated heterocycles. The van der Waals surface area contributed by atoms with Gasteiger partial charge in [-0.2, -0.15) is 0 Å². The molecule has 3 aromatic rings. The summed E-state index contributed by atoms with van der Waals surface area (Å²) in [6.07, 6.45) is 5.21. The summed E-state index contributed by atoms with van der Waals surface area (Å²) < 4.78 is 2.31. The predicted octanol–water partition coefficient (Wildman–Crippen LogP) is 3.08.